The second-order valence-corrected chi connectivity index (χ2v) is 4.83. The maximum Gasteiger partial charge on any atom is 0.0579 e. The number of fused-ring (bicyclic) bond motifs is 3. The summed E-state index contributed by atoms with van der Waals surface area (Å²) in [6.45, 7) is 0. The molecule has 2 heterocycles. The van der Waals surface area contributed by atoms with E-state index in [9.17, 15) is 0 Å². The van der Waals surface area contributed by atoms with Crippen LogP contribution >= 0.6 is 22.7 Å². The van der Waals surface area contributed by atoms with Crippen LogP contribution in [0.25, 0.3) is 20.2 Å². The van der Waals surface area contributed by atoms with Gasteiger partial charge in [-0.3, -0.25) is 0 Å². The SMILES string of the molecule is Nc1cc2sccc2c2ccsc12. The number of benzene rings is 1. The molecule has 13 heavy (non-hydrogen) atoms. The minimum absolute atomic E-state index is 0.903. The number of hydrogen-bond acceptors (Lipinski definition) is 3. The van der Waals surface area contributed by atoms with Crippen LogP contribution in [0, 0.1) is 0 Å². The zero-order chi connectivity index (χ0) is 8.84. The van der Waals surface area contributed by atoms with E-state index in [0.29, 0.717) is 0 Å². The van der Waals surface area contributed by atoms with E-state index in [4.69, 9.17) is 5.73 Å². The molecular weight excluding hydrogens is 198 g/mol. The van der Waals surface area contributed by atoms with E-state index in [1.807, 2.05) is 0 Å². The Morgan fingerprint density at radius 3 is 2.69 bits per heavy atom. The Hall–Kier alpha value is -1.06. The molecule has 0 aliphatic carbocycles. The molecule has 0 unspecified atom stereocenters. The minimum atomic E-state index is 0.903. The molecule has 2 N–H and O–H groups in total. The van der Waals surface area contributed by atoms with Gasteiger partial charge in [0.25, 0.3) is 0 Å². The Balaban J connectivity index is 2.70. The first-order chi connectivity index (χ1) is 6.36. The standard InChI is InChI=1S/C10H7NS2/c11-8-5-9-6(1-3-12-9)7-2-4-13-10(7)8/h1-5H,11H2. The first-order valence-corrected chi connectivity index (χ1v) is 5.75. The summed E-state index contributed by atoms with van der Waals surface area (Å²) in [7, 11) is 0. The van der Waals surface area contributed by atoms with Crippen molar-refractivity contribution < 1.29 is 0 Å². The number of thiophene rings is 2. The lowest BCUT2D eigenvalue weighted by atomic mass is 10.2. The molecule has 0 bridgehead atoms. The quantitative estimate of drug-likeness (QED) is 0.556. The van der Waals surface area contributed by atoms with Crippen LogP contribution in [-0.4, -0.2) is 0 Å². The fraction of sp³-hybridized carbons (Fsp3) is 0. The smallest absolute Gasteiger partial charge is 0.0579 e. The van der Waals surface area contributed by atoms with Crippen molar-refractivity contribution in [3.05, 3.63) is 29.0 Å². The molecule has 0 atom stereocenters. The Morgan fingerprint density at radius 2 is 1.77 bits per heavy atom. The lowest BCUT2D eigenvalue weighted by Crippen LogP contribution is -1.82. The third-order valence-electron chi connectivity index (χ3n) is 2.20. The molecule has 0 aliphatic rings. The zero-order valence-electron chi connectivity index (χ0n) is 6.78. The molecule has 3 aromatic rings. The number of hydrogen-bond donors (Lipinski definition) is 1. The van der Waals surface area contributed by atoms with Gasteiger partial charge in [0.1, 0.15) is 0 Å². The van der Waals surface area contributed by atoms with Gasteiger partial charge in [0.05, 0.1) is 10.4 Å². The Kier molecular flexibility index (Phi) is 1.39. The van der Waals surface area contributed by atoms with Gasteiger partial charge in [-0.1, -0.05) is 0 Å². The summed E-state index contributed by atoms with van der Waals surface area (Å²) >= 11 is 3.46. The molecule has 1 nitrogen and oxygen atoms in total. The molecule has 0 saturated heterocycles. The van der Waals surface area contributed by atoms with E-state index in [1.54, 1.807) is 22.7 Å². The van der Waals surface area contributed by atoms with Crippen LogP contribution in [0.2, 0.25) is 0 Å². The first kappa shape index (κ1) is 7.35. The van der Waals surface area contributed by atoms with Gasteiger partial charge in [0.2, 0.25) is 0 Å². The number of anilines is 1. The molecule has 0 aliphatic heterocycles. The molecular formula is C10H7NS2. The van der Waals surface area contributed by atoms with Crippen LogP contribution in [-0.2, 0) is 0 Å². The maximum atomic E-state index is 5.94. The second-order valence-electron chi connectivity index (χ2n) is 2.96. The summed E-state index contributed by atoms with van der Waals surface area (Å²) in [5, 5.41) is 6.83. The van der Waals surface area contributed by atoms with Gasteiger partial charge in [-0.05, 0) is 29.0 Å². The normalized spacial score (nSPS) is 11.4. The summed E-state index contributed by atoms with van der Waals surface area (Å²) in [4.78, 5) is 0. The first-order valence-electron chi connectivity index (χ1n) is 3.99. The second kappa shape index (κ2) is 2.47. The van der Waals surface area contributed by atoms with E-state index in [1.165, 1.54) is 20.2 Å². The molecule has 1 aromatic carbocycles. The minimum Gasteiger partial charge on any atom is -0.398 e. The summed E-state index contributed by atoms with van der Waals surface area (Å²) in [6, 6.07) is 6.37. The predicted molar refractivity (Wildman–Crippen MR) is 61.6 cm³/mol. The largest absolute Gasteiger partial charge is 0.398 e. The highest BCUT2D eigenvalue weighted by atomic mass is 32.1. The van der Waals surface area contributed by atoms with Crippen LogP contribution in [0.5, 0.6) is 0 Å². The Bertz CT molecular complexity index is 577. The van der Waals surface area contributed by atoms with Gasteiger partial charge in [0.15, 0.2) is 0 Å². The molecule has 0 radical (unpaired) electrons. The van der Waals surface area contributed by atoms with Gasteiger partial charge in [-0.15, -0.1) is 22.7 Å². The monoisotopic (exact) mass is 205 g/mol. The fourth-order valence-electron chi connectivity index (χ4n) is 1.61. The van der Waals surface area contributed by atoms with Crippen LogP contribution < -0.4 is 5.73 Å². The van der Waals surface area contributed by atoms with Crippen molar-refractivity contribution in [3.8, 4) is 0 Å². The van der Waals surface area contributed by atoms with Gasteiger partial charge < -0.3 is 5.73 Å². The van der Waals surface area contributed by atoms with Crippen LogP contribution in [0.15, 0.2) is 29.0 Å². The average molecular weight is 205 g/mol. The highest BCUT2D eigenvalue weighted by molar-refractivity contribution is 7.19. The van der Waals surface area contributed by atoms with Crippen LogP contribution in [0.3, 0.4) is 0 Å². The van der Waals surface area contributed by atoms with Crippen LogP contribution in [0.4, 0.5) is 5.69 Å². The van der Waals surface area contributed by atoms with Crippen molar-refractivity contribution in [1.29, 1.82) is 0 Å². The number of nitrogens with two attached hydrogens (primary N) is 1. The average Bonchev–Trinajstić information content (AvgIpc) is 2.66. The third kappa shape index (κ3) is 0.913. The van der Waals surface area contributed by atoms with Crippen LogP contribution in [0.1, 0.15) is 0 Å². The highest BCUT2D eigenvalue weighted by Gasteiger charge is 2.05. The van der Waals surface area contributed by atoms with Crippen molar-refractivity contribution in [2.75, 3.05) is 5.73 Å². The lowest BCUT2D eigenvalue weighted by Gasteiger charge is -1.97. The zero-order valence-corrected chi connectivity index (χ0v) is 8.41. The van der Waals surface area contributed by atoms with E-state index >= 15 is 0 Å². The van der Waals surface area contributed by atoms with E-state index in [0.717, 1.165) is 5.69 Å². The Labute approximate surface area is 83.4 Å². The fourth-order valence-corrected chi connectivity index (χ4v) is 3.30. The molecule has 3 rings (SSSR count). The maximum absolute atomic E-state index is 5.94. The predicted octanol–water partition coefficient (Wildman–Crippen LogP) is 3.70. The topological polar surface area (TPSA) is 26.0 Å². The van der Waals surface area contributed by atoms with Gasteiger partial charge in [-0.25, -0.2) is 0 Å². The molecule has 0 fully saturated rings. The number of nitrogen functional groups attached to an aromatic ring is 1. The molecule has 3 heteroatoms. The summed E-state index contributed by atoms with van der Waals surface area (Å²) in [5.74, 6) is 0. The van der Waals surface area contributed by atoms with Crippen molar-refractivity contribution in [3.63, 3.8) is 0 Å². The van der Waals surface area contributed by atoms with E-state index < -0.39 is 0 Å². The highest BCUT2D eigenvalue weighted by Crippen LogP contribution is 2.36. The molecule has 2 aromatic heterocycles. The Morgan fingerprint density at radius 1 is 1.00 bits per heavy atom. The van der Waals surface area contributed by atoms with E-state index in [2.05, 4.69) is 29.0 Å². The third-order valence-corrected chi connectivity index (χ3v) is 4.03. The lowest BCUT2D eigenvalue weighted by molar-refractivity contribution is 1.92. The number of rotatable bonds is 0. The molecule has 0 spiro atoms. The van der Waals surface area contributed by atoms with Gasteiger partial charge >= 0.3 is 0 Å². The summed E-state index contributed by atoms with van der Waals surface area (Å²) in [6.07, 6.45) is 0. The molecule has 0 amide bonds. The summed E-state index contributed by atoms with van der Waals surface area (Å²) in [5.41, 5.74) is 6.85. The van der Waals surface area contributed by atoms with Crippen molar-refractivity contribution in [1.82, 2.24) is 0 Å². The molecule has 0 saturated carbocycles. The van der Waals surface area contributed by atoms with Gasteiger partial charge in [0, 0.05) is 15.5 Å². The summed E-state index contributed by atoms with van der Waals surface area (Å²) < 4.78 is 2.49. The van der Waals surface area contributed by atoms with E-state index in [-0.39, 0.29) is 0 Å². The van der Waals surface area contributed by atoms with Crippen molar-refractivity contribution >= 4 is 48.5 Å². The van der Waals surface area contributed by atoms with Crippen molar-refractivity contribution in [2.45, 2.75) is 0 Å². The van der Waals surface area contributed by atoms with Gasteiger partial charge in [-0.2, -0.15) is 0 Å². The molecule has 64 valence electrons. The van der Waals surface area contributed by atoms with Crippen molar-refractivity contribution in [2.24, 2.45) is 0 Å².